The zero-order valence-corrected chi connectivity index (χ0v) is 17.8. The highest BCUT2D eigenvalue weighted by atomic mass is 16.5. The number of oxazole rings is 1. The molecule has 0 amide bonds. The molecule has 1 N–H and O–H groups in total. The van der Waals surface area contributed by atoms with Gasteiger partial charge in [-0.15, -0.1) is 0 Å². The number of piperidine rings is 1. The van der Waals surface area contributed by atoms with Crippen LogP contribution >= 0.6 is 0 Å². The molecule has 1 aromatic heterocycles. The number of hydrogen-bond donors (Lipinski definition) is 1. The summed E-state index contributed by atoms with van der Waals surface area (Å²) in [5.41, 5.74) is 2.97. The molecule has 1 fully saturated rings. The van der Waals surface area contributed by atoms with Gasteiger partial charge >= 0.3 is 5.97 Å². The molecular formula is C25H28N2O4. The van der Waals surface area contributed by atoms with Gasteiger partial charge in [-0.3, -0.25) is 9.69 Å². The largest absolute Gasteiger partial charge is 0.493 e. The summed E-state index contributed by atoms with van der Waals surface area (Å²) in [6.45, 7) is 3.91. The predicted octanol–water partition coefficient (Wildman–Crippen LogP) is 4.71. The van der Waals surface area contributed by atoms with Crippen molar-refractivity contribution in [3.8, 4) is 17.2 Å². The molecule has 0 spiro atoms. The number of benzene rings is 2. The Morgan fingerprint density at radius 1 is 1.16 bits per heavy atom. The second-order valence-corrected chi connectivity index (χ2v) is 7.95. The lowest BCUT2D eigenvalue weighted by Crippen LogP contribution is -2.43. The molecule has 162 valence electrons. The van der Waals surface area contributed by atoms with Crippen LogP contribution in [0.25, 0.3) is 11.5 Å². The van der Waals surface area contributed by atoms with E-state index in [2.05, 4.69) is 9.88 Å². The van der Waals surface area contributed by atoms with E-state index in [1.54, 1.807) is 0 Å². The van der Waals surface area contributed by atoms with Crippen LogP contribution in [0.3, 0.4) is 0 Å². The van der Waals surface area contributed by atoms with Crippen LogP contribution in [0.4, 0.5) is 0 Å². The maximum Gasteiger partial charge on any atom is 0.320 e. The Hall–Kier alpha value is -3.12. The van der Waals surface area contributed by atoms with Crippen molar-refractivity contribution in [1.29, 1.82) is 0 Å². The molecule has 6 heteroatoms. The number of ether oxygens (including phenoxy) is 1. The second-order valence-electron chi connectivity index (χ2n) is 7.95. The van der Waals surface area contributed by atoms with Crippen LogP contribution in [-0.4, -0.2) is 40.2 Å². The van der Waals surface area contributed by atoms with Gasteiger partial charge in [-0.05, 0) is 56.1 Å². The molecule has 1 saturated heterocycles. The number of hydrogen-bond acceptors (Lipinski definition) is 5. The number of aryl methyl sites for hydroxylation is 1. The molecule has 0 aliphatic carbocycles. The van der Waals surface area contributed by atoms with E-state index in [-0.39, 0.29) is 6.04 Å². The minimum atomic E-state index is -0.724. The van der Waals surface area contributed by atoms with E-state index in [4.69, 9.17) is 9.15 Å². The van der Waals surface area contributed by atoms with Gasteiger partial charge in [-0.25, -0.2) is 4.98 Å². The molecule has 2 aromatic carbocycles. The van der Waals surface area contributed by atoms with Crippen molar-refractivity contribution < 1.29 is 19.1 Å². The van der Waals surface area contributed by atoms with E-state index in [9.17, 15) is 9.90 Å². The standard InChI is InChI=1S/C25H28N2O4/c1-18-22(26-24(31-18)20-7-3-2-4-8-20)14-16-30-21-12-10-19(11-13-21)17-27-15-6-5-9-23(27)25(28)29/h2-4,7-8,10-13,23H,5-6,9,14-17H2,1H3,(H,28,29). The Labute approximate surface area is 182 Å². The van der Waals surface area contributed by atoms with Gasteiger partial charge in [0.15, 0.2) is 0 Å². The monoisotopic (exact) mass is 420 g/mol. The third-order valence-corrected chi connectivity index (χ3v) is 5.73. The summed E-state index contributed by atoms with van der Waals surface area (Å²) in [6, 6.07) is 17.4. The van der Waals surface area contributed by atoms with E-state index < -0.39 is 5.97 Å². The Balaban J connectivity index is 1.30. The lowest BCUT2D eigenvalue weighted by Gasteiger charge is -2.32. The summed E-state index contributed by atoms with van der Waals surface area (Å²) in [5, 5.41) is 9.43. The molecule has 0 bridgehead atoms. The number of carboxylic acids is 1. The van der Waals surface area contributed by atoms with Crippen molar-refractivity contribution in [2.75, 3.05) is 13.2 Å². The highest BCUT2D eigenvalue weighted by Crippen LogP contribution is 2.23. The second kappa shape index (κ2) is 9.79. The number of aliphatic carboxylic acids is 1. The van der Waals surface area contributed by atoms with Crippen molar-refractivity contribution in [2.24, 2.45) is 0 Å². The third-order valence-electron chi connectivity index (χ3n) is 5.73. The third kappa shape index (κ3) is 5.33. The van der Waals surface area contributed by atoms with Crippen molar-refractivity contribution in [2.45, 2.75) is 45.2 Å². The predicted molar refractivity (Wildman–Crippen MR) is 118 cm³/mol. The minimum absolute atomic E-state index is 0.379. The Morgan fingerprint density at radius 3 is 2.68 bits per heavy atom. The summed E-state index contributed by atoms with van der Waals surface area (Å²) in [5.74, 6) is 1.52. The first-order chi connectivity index (χ1) is 15.1. The highest BCUT2D eigenvalue weighted by molar-refractivity contribution is 5.73. The molecular weight excluding hydrogens is 392 g/mol. The fourth-order valence-electron chi connectivity index (χ4n) is 4.02. The fourth-order valence-corrected chi connectivity index (χ4v) is 4.02. The average Bonchev–Trinajstić information content (AvgIpc) is 3.16. The van der Waals surface area contributed by atoms with Gasteiger partial charge in [0.1, 0.15) is 17.6 Å². The molecule has 31 heavy (non-hydrogen) atoms. The molecule has 1 unspecified atom stereocenters. The van der Waals surface area contributed by atoms with Gasteiger partial charge in [-0.1, -0.05) is 36.8 Å². The molecule has 3 aromatic rings. The van der Waals surface area contributed by atoms with E-state index in [1.165, 1.54) is 0 Å². The van der Waals surface area contributed by atoms with Crippen molar-refractivity contribution in [3.63, 3.8) is 0 Å². The lowest BCUT2D eigenvalue weighted by molar-refractivity contribution is -0.144. The molecule has 0 radical (unpaired) electrons. The summed E-state index contributed by atoms with van der Waals surface area (Å²) in [6.07, 6.45) is 3.43. The van der Waals surface area contributed by atoms with Gasteiger partial charge in [0.2, 0.25) is 5.89 Å². The first-order valence-electron chi connectivity index (χ1n) is 10.8. The normalized spacial score (nSPS) is 16.9. The maximum atomic E-state index is 11.5. The fraction of sp³-hybridized carbons (Fsp3) is 0.360. The van der Waals surface area contributed by atoms with Crippen LogP contribution in [0, 0.1) is 6.92 Å². The van der Waals surface area contributed by atoms with E-state index >= 15 is 0 Å². The first-order valence-corrected chi connectivity index (χ1v) is 10.8. The maximum absolute atomic E-state index is 11.5. The van der Waals surface area contributed by atoms with Crippen molar-refractivity contribution >= 4 is 5.97 Å². The number of nitrogens with zero attached hydrogens (tertiary/aromatic N) is 2. The minimum Gasteiger partial charge on any atom is -0.493 e. The quantitative estimate of drug-likeness (QED) is 0.569. The van der Waals surface area contributed by atoms with Gasteiger partial charge in [0, 0.05) is 18.5 Å². The molecule has 1 aliphatic rings. The van der Waals surface area contributed by atoms with Crippen LogP contribution in [-0.2, 0) is 17.8 Å². The molecule has 6 nitrogen and oxygen atoms in total. The van der Waals surface area contributed by atoms with Gasteiger partial charge in [0.05, 0.1) is 12.3 Å². The number of rotatable bonds is 8. The zero-order chi connectivity index (χ0) is 21.6. The number of carboxylic acid groups (broad SMARTS) is 1. The lowest BCUT2D eigenvalue weighted by atomic mass is 10.0. The summed E-state index contributed by atoms with van der Waals surface area (Å²) < 4.78 is 11.7. The van der Waals surface area contributed by atoms with Gasteiger partial charge in [-0.2, -0.15) is 0 Å². The number of aromatic nitrogens is 1. The SMILES string of the molecule is Cc1oc(-c2ccccc2)nc1CCOc1ccc(CN2CCCCC2C(=O)O)cc1. The molecule has 0 saturated carbocycles. The molecule has 1 atom stereocenters. The van der Waals surface area contributed by atoms with Crippen LogP contribution in [0.2, 0.25) is 0 Å². The summed E-state index contributed by atoms with van der Waals surface area (Å²) >= 11 is 0. The molecule has 1 aliphatic heterocycles. The van der Waals surface area contributed by atoms with E-state index in [0.29, 0.717) is 25.5 Å². The number of likely N-dealkylation sites (tertiary alicyclic amines) is 1. The van der Waals surface area contributed by atoms with Gasteiger partial charge in [0.25, 0.3) is 0 Å². The summed E-state index contributed by atoms with van der Waals surface area (Å²) in [7, 11) is 0. The Morgan fingerprint density at radius 2 is 1.94 bits per heavy atom. The van der Waals surface area contributed by atoms with Gasteiger partial charge < -0.3 is 14.3 Å². The van der Waals surface area contributed by atoms with Crippen LogP contribution in [0.15, 0.2) is 59.0 Å². The molecule has 2 heterocycles. The zero-order valence-electron chi connectivity index (χ0n) is 17.8. The Kier molecular flexibility index (Phi) is 6.67. The van der Waals surface area contributed by atoms with E-state index in [1.807, 2.05) is 61.5 Å². The first kappa shape index (κ1) is 21.1. The van der Waals surface area contributed by atoms with E-state index in [0.717, 1.165) is 54.1 Å². The van der Waals surface area contributed by atoms with Crippen molar-refractivity contribution in [1.82, 2.24) is 9.88 Å². The average molecular weight is 421 g/mol. The summed E-state index contributed by atoms with van der Waals surface area (Å²) in [4.78, 5) is 18.1. The molecule has 4 rings (SSSR count). The topological polar surface area (TPSA) is 75.8 Å². The Bertz CT molecular complexity index is 998. The smallest absolute Gasteiger partial charge is 0.320 e. The van der Waals surface area contributed by atoms with Crippen LogP contribution in [0.5, 0.6) is 5.75 Å². The number of carbonyl (C=O) groups is 1. The van der Waals surface area contributed by atoms with Crippen LogP contribution < -0.4 is 4.74 Å². The highest BCUT2D eigenvalue weighted by Gasteiger charge is 2.28. The van der Waals surface area contributed by atoms with Crippen molar-refractivity contribution in [3.05, 3.63) is 71.6 Å². The van der Waals surface area contributed by atoms with Crippen LogP contribution in [0.1, 0.15) is 36.3 Å².